The van der Waals surface area contributed by atoms with Crippen molar-refractivity contribution in [1.82, 2.24) is 20.5 Å². The molecule has 3 aromatic rings. The molecule has 2 aromatic heterocycles. The van der Waals surface area contributed by atoms with E-state index in [-0.39, 0.29) is 33.8 Å². The fourth-order valence-electron chi connectivity index (χ4n) is 2.34. The van der Waals surface area contributed by atoms with Crippen molar-refractivity contribution in [3.05, 3.63) is 74.7 Å². The second kappa shape index (κ2) is 8.54. The first kappa shape index (κ1) is 20.7. The fraction of sp³-hybridized carbons (Fsp3) is 0.111. The van der Waals surface area contributed by atoms with Gasteiger partial charge in [0, 0.05) is 23.9 Å². The molecule has 0 aliphatic heterocycles. The summed E-state index contributed by atoms with van der Waals surface area (Å²) < 4.78 is 26.5. The van der Waals surface area contributed by atoms with E-state index in [4.69, 9.17) is 23.2 Å². The lowest BCUT2D eigenvalue weighted by Crippen LogP contribution is -2.23. The second-order valence-electron chi connectivity index (χ2n) is 5.95. The van der Waals surface area contributed by atoms with Crippen molar-refractivity contribution in [3.8, 4) is 0 Å². The molecule has 2 heterocycles. The van der Waals surface area contributed by atoms with Crippen molar-refractivity contribution in [1.29, 1.82) is 0 Å². The molecule has 0 unspecified atom stereocenters. The number of anilines is 1. The topological polar surface area (TPSA) is 99.8 Å². The van der Waals surface area contributed by atoms with E-state index in [1.54, 1.807) is 19.1 Å². The van der Waals surface area contributed by atoms with Crippen LogP contribution in [0.25, 0.3) is 0 Å². The number of aryl methyl sites for hydroxylation is 1. The van der Waals surface area contributed by atoms with Gasteiger partial charge in [0.05, 0.1) is 10.6 Å². The van der Waals surface area contributed by atoms with Crippen molar-refractivity contribution < 1.29 is 18.4 Å². The number of nitrogens with one attached hydrogen (secondary N) is 3. The van der Waals surface area contributed by atoms with E-state index in [1.165, 1.54) is 6.07 Å². The molecule has 7 nitrogen and oxygen atoms in total. The van der Waals surface area contributed by atoms with Gasteiger partial charge in [-0.15, -0.1) is 0 Å². The zero-order valence-corrected chi connectivity index (χ0v) is 16.3. The minimum atomic E-state index is -1.21. The van der Waals surface area contributed by atoms with Gasteiger partial charge in [0.25, 0.3) is 11.8 Å². The van der Waals surface area contributed by atoms with Crippen molar-refractivity contribution in [2.45, 2.75) is 13.5 Å². The summed E-state index contributed by atoms with van der Waals surface area (Å²) in [6.45, 7) is 1.92. The Morgan fingerprint density at radius 2 is 1.83 bits per heavy atom. The maximum absolute atomic E-state index is 13.3. The smallest absolute Gasteiger partial charge is 0.272 e. The van der Waals surface area contributed by atoms with E-state index in [2.05, 4.69) is 25.8 Å². The summed E-state index contributed by atoms with van der Waals surface area (Å²) in [4.78, 5) is 28.5. The number of carbonyl (C=O) groups is 2. The molecule has 3 rings (SSSR count). The predicted octanol–water partition coefficient (Wildman–Crippen LogP) is 3.88. The minimum Gasteiger partial charge on any atom is -0.346 e. The van der Waals surface area contributed by atoms with Gasteiger partial charge in [-0.3, -0.25) is 14.7 Å². The number of hydrogen-bond acceptors (Lipinski definition) is 4. The number of H-pyrrole nitrogens is 1. The molecule has 29 heavy (non-hydrogen) atoms. The number of aromatic nitrogens is 3. The SMILES string of the molecule is Cc1ccc(CNC(=O)c2cc(NC(=O)c3cc(F)c(F)cc3Cl)[nH]n2)c(Cl)n1. The van der Waals surface area contributed by atoms with Gasteiger partial charge >= 0.3 is 0 Å². The highest BCUT2D eigenvalue weighted by Crippen LogP contribution is 2.21. The Kier molecular flexibility index (Phi) is 6.09. The maximum atomic E-state index is 13.3. The third-order valence-electron chi connectivity index (χ3n) is 3.82. The third-order valence-corrected chi connectivity index (χ3v) is 4.46. The number of aromatic amines is 1. The molecule has 0 bridgehead atoms. The summed E-state index contributed by atoms with van der Waals surface area (Å²) in [6.07, 6.45) is 0. The van der Waals surface area contributed by atoms with Crippen LogP contribution in [0.4, 0.5) is 14.6 Å². The molecular formula is C18H13Cl2F2N5O2. The number of benzene rings is 1. The minimum absolute atomic E-state index is 0.00660. The average molecular weight is 440 g/mol. The highest BCUT2D eigenvalue weighted by atomic mass is 35.5. The van der Waals surface area contributed by atoms with E-state index in [0.29, 0.717) is 17.7 Å². The molecule has 1 aromatic carbocycles. The third kappa shape index (κ3) is 4.87. The van der Waals surface area contributed by atoms with Gasteiger partial charge in [0.2, 0.25) is 0 Å². The normalized spacial score (nSPS) is 10.7. The van der Waals surface area contributed by atoms with Gasteiger partial charge in [-0.1, -0.05) is 29.3 Å². The van der Waals surface area contributed by atoms with Crippen LogP contribution in [0.2, 0.25) is 10.2 Å². The first-order valence-electron chi connectivity index (χ1n) is 8.16. The van der Waals surface area contributed by atoms with Crippen molar-refractivity contribution in [2.24, 2.45) is 0 Å². The highest BCUT2D eigenvalue weighted by Gasteiger charge is 2.17. The average Bonchev–Trinajstić information content (AvgIpc) is 3.12. The molecule has 11 heteroatoms. The quantitative estimate of drug-likeness (QED) is 0.414. The number of halogens is 4. The molecule has 0 atom stereocenters. The molecule has 2 amide bonds. The molecule has 0 spiro atoms. The summed E-state index contributed by atoms with van der Waals surface area (Å²) in [6, 6.07) is 6.15. The van der Waals surface area contributed by atoms with E-state index in [1.807, 2.05) is 0 Å². The molecule has 0 aliphatic rings. The van der Waals surface area contributed by atoms with Gasteiger partial charge in [0.1, 0.15) is 11.0 Å². The Balaban J connectivity index is 1.65. The summed E-state index contributed by atoms with van der Waals surface area (Å²) >= 11 is 11.8. The highest BCUT2D eigenvalue weighted by molar-refractivity contribution is 6.34. The van der Waals surface area contributed by atoms with Crippen LogP contribution in [0.1, 0.15) is 32.1 Å². The predicted molar refractivity (Wildman–Crippen MR) is 103 cm³/mol. The van der Waals surface area contributed by atoms with Crippen LogP contribution in [0.5, 0.6) is 0 Å². The Hall–Kier alpha value is -3.04. The van der Waals surface area contributed by atoms with Crippen molar-refractivity contribution in [2.75, 3.05) is 5.32 Å². The van der Waals surface area contributed by atoms with E-state index >= 15 is 0 Å². The second-order valence-corrected chi connectivity index (χ2v) is 6.72. The van der Waals surface area contributed by atoms with Crippen molar-refractivity contribution in [3.63, 3.8) is 0 Å². The summed E-state index contributed by atoms with van der Waals surface area (Å²) in [5.74, 6) is -3.65. The summed E-state index contributed by atoms with van der Waals surface area (Å²) in [5.41, 5.74) is 1.10. The Morgan fingerprint density at radius 1 is 1.10 bits per heavy atom. The lowest BCUT2D eigenvalue weighted by molar-refractivity contribution is 0.0945. The molecule has 0 saturated carbocycles. The number of carbonyl (C=O) groups excluding carboxylic acids is 2. The van der Waals surface area contributed by atoms with Crippen LogP contribution in [-0.4, -0.2) is 27.0 Å². The van der Waals surface area contributed by atoms with Gasteiger partial charge < -0.3 is 10.6 Å². The van der Waals surface area contributed by atoms with Crippen LogP contribution < -0.4 is 10.6 Å². The van der Waals surface area contributed by atoms with Gasteiger partial charge in [0.15, 0.2) is 17.3 Å². The number of pyridine rings is 1. The first-order valence-corrected chi connectivity index (χ1v) is 8.91. The van der Waals surface area contributed by atoms with Crippen LogP contribution in [-0.2, 0) is 6.54 Å². The number of hydrogen-bond donors (Lipinski definition) is 3. The van der Waals surface area contributed by atoms with Crippen LogP contribution in [0, 0.1) is 18.6 Å². The molecule has 0 radical (unpaired) electrons. The fourth-order valence-corrected chi connectivity index (χ4v) is 2.84. The lowest BCUT2D eigenvalue weighted by Gasteiger charge is -2.06. The molecular weight excluding hydrogens is 427 g/mol. The number of nitrogens with zero attached hydrogens (tertiary/aromatic N) is 2. The van der Waals surface area contributed by atoms with Gasteiger partial charge in [-0.05, 0) is 25.1 Å². The first-order chi connectivity index (χ1) is 13.7. The Labute approximate surface area is 173 Å². The number of rotatable bonds is 5. The molecule has 0 aliphatic carbocycles. The van der Waals surface area contributed by atoms with E-state index in [9.17, 15) is 18.4 Å². The zero-order chi connectivity index (χ0) is 21.1. The van der Waals surface area contributed by atoms with Crippen molar-refractivity contribution >= 4 is 40.8 Å². The summed E-state index contributed by atoms with van der Waals surface area (Å²) in [7, 11) is 0. The van der Waals surface area contributed by atoms with E-state index < -0.39 is 23.4 Å². The van der Waals surface area contributed by atoms with Gasteiger partial charge in [-0.2, -0.15) is 5.10 Å². The molecule has 0 fully saturated rings. The maximum Gasteiger partial charge on any atom is 0.272 e. The van der Waals surface area contributed by atoms with Crippen LogP contribution in [0.3, 0.4) is 0 Å². The largest absolute Gasteiger partial charge is 0.346 e. The Morgan fingerprint density at radius 3 is 2.55 bits per heavy atom. The molecule has 0 saturated heterocycles. The number of amides is 2. The summed E-state index contributed by atoms with van der Waals surface area (Å²) in [5, 5.41) is 11.3. The zero-order valence-electron chi connectivity index (χ0n) is 14.8. The molecule has 3 N–H and O–H groups in total. The molecule has 150 valence electrons. The lowest BCUT2D eigenvalue weighted by atomic mass is 10.2. The van der Waals surface area contributed by atoms with Crippen LogP contribution in [0.15, 0.2) is 30.3 Å². The van der Waals surface area contributed by atoms with Gasteiger partial charge in [-0.25, -0.2) is 13.8 Å². The standard InChI is InChI=1S/C18H13Cl2F2N5O2/c1-8-2-3-9(16(20)24-8)7-23-18(29)14-6-15(27-26-14)25-17(28)10-4-12(21)13(22)5-11(10)19/h2-6H,7H2,1H3,(H,23,29)(H2,25,26,27,28). The van der Waals surface area contributed by atoms with Crippen LogP contribution >= 0.6 is 23.2 Å². The van der Waals surface area contributed by atoms with E-state index in [0.717, 1.165) is 5.69 Å². The Bertz CT molecular complexity index is 1100. The monoisotopic (exact) mass is 439 g/mol.